The Labute approximate surface area is 222 Å². The Morgan fingerprint density at radius 3 is 2.50 bits per heavy atom. The Balaban J connectivity index is 1.41. The number of benzene rings is 3. The second-order valence-corrected chi connectivity index (χ2v) is 9.25. The molecule has 1 aliphatic heterocycles. The number of ether oxygens (including phenoxy) is 2. The smallest absolute Gasteiger partial charge is 0.293 e. The predicted molar refractivity (Wildman–Crippen MR) is 143 cm³/mol. The van der Waals surface area contributed by atoms with Crippen LogP contribution in [0.4, 0.5) is 16.2 Å². The summed E-state index contributed by atoms with van der Waals surface area (Å²) >= 11 is 0.803. The molecular weight excluding hydrogens is 510 g/mol. The minimum absolute atomic E-state index is 0.000665. The summed E-state index contributed by atoms with van der Waals surface area (Å²) in [5.74, 6) is -0.0962. The maximum Gasteiger partial charge on any atom is 0.293 e. The molecule has 4 rings (SSSR count). The van der Waals surface area contributed by atoms with E-state index in [-0.39, 0.29) is 29.7 Å². The summed E-state index contributed by atoms with van der Waals surface area (Å²) in [6, 6.07) is 18.0. The normalized spacial score (nSPS) is 14.1. The van der Waals surface area contributed by atoms with E-state index in [2.05, 4.69) is 5.32 Å². The molecule has 0 aliphatic carbocycles. The molecule has 0 radical (unpaired) electrons. The average molecular weight is 534 g/mol. The van der Waals surface area contributed by atoms with E-state index >= 15 is 0 Å². The topological polar surface area (TPSA) is 128 Å². The highest BCUT2D eigenvalue weighted by Gasteiger charge is 2.35. The molecule has 0 aromatic heterocycles. The van der Waals surface area contributed by atoms with E-state index in [4.69, 9.17) is 9.47 Å². The van der Waals surface area contributed by atoms with Crippen LogP contribution in [0.2, 0.25) is 0 Å². The first-order valence-corrected chi connectivity index (χ1v) is 12.2. The maximum atomic E-state index is 12.9. The molecule has 0 spiro atoms. The molecule has 11 heteroatoms. The largest absolute Gasteiger partial charge is 0.493 e. The number of nitro groups is 1. The zero-order valence-corrected chi connectivity index (χ0v) is 21.3. The SMILES string of the molecule is COc1cc(/C=C2\SC(=O)N(Cc3ccc([N+](=O)[O-])cc3)C2=O)ccc1OCC(=O)Nc1ccccc1C. The molecule has 1 heterocycles. The third-order valence-corrected chi connectivity index (χ3v) is 6.53. The van der Waals surface area contributed by atoms with Crippen molar-refractivity contribution in [3.05, 3.63) is 98.4 Å². The molecule has 0 saturated carbocycles. The number of imide groups is 1. The Hall–Kier alpha value is -4.64. The second kappa shape index (κ2) is 11.6. The van der Waals surface area contributed by atoms with Gasteiger partial charge in [-0.2, -0.15) is 0 Å². The Kier molecular flexibility index (Phi) is 8.07. The lowest BCUT2D eigenvalue weighted by molar-refractivity contribution is -0.384. The van der Waals surface area contributed by atoms with Crippen molar-refractivity contribution in [2.24, 2.45) is 0 Å². The number of rotatable bonds is 9. The lowest BCUT2D eigenvalue weighted by Crippen LogP contribution is -2.27. The van der Waals surface area contributed by atoms with Crippen LogP contribution in [-0.4, -0.2) is 40.6 Å². The summed E-state index contributed by atoms with van der Waals surface area (Å²) in [7, 11) is 1.46. The van der Waals surface area contributed by atoms with Crippen molar-refractivity contribution in [3.8, 4) is 11.5 Å². The summed E-state index contributed by atoms with van der Waals surface area (Å²) in [6.45, 7) is 1.66. The molecule has 1 aliphatic rings. The van der Waals surface area contributed by atoms with Gasteiger partial charge in [-0.25, -0.2) is 0 Å². The van der Waals surface area contributed by atoms with Gasteiger partial charge < -0.3 is 14.8 Å². The van der Waals surface area contributed by atoms with Crippen LogP contribution in [0.25, 0.3) is 6.08 Å². The molecule has 1 saturated heterocycles. The molecule has 10 nitrogen and oxygen atoms in total. The number of nitro benzene ring substituents is 1. The summed E-state index contributed by atoms with van der Waals surface area (Å²) < 4.78 is 11.0. The molecule has 194 valence electrons. The molecule has 1 fully saturated rings. The molecular formula is C27H23N3O7S. The average Bonchev–Trinajstić information content (AvgIpc) is 3.16. The van der Waals surface area contributed by atoms with Crippen molar-refractivity contribution in [1.29, 1.82) is 0 Å². The van der Waals surface area contributed by atoms with Crippen LogP contribution in [-0.2, 0) is 16.1 Å². The number of anilines is 1. The van der Waals surface area contributed by atoms with Crippen molar-refractivity contribution >= 4 is 46.3 Å². The van der Waals surface area contributed by atoms with Gasteiger partial charge in [0.2, 0.25) is 0 Å². The summed E-state index contributed by atoms with van der Waals surface area (Å²) in [5, 5.41) is 13.2. The van der Waals surface area contributed by atoms with Gasteiger partial charge in [-0.1, -0.05) is 36.4 Å². The van der Waals surface area contributed by atoms with E-state index < -0.39 is 16.1 Å². The van der Waals surface area contributed by atoms with Gasteiger partial charge in [0.25, 0.3) is 22.7 Å². The molecule has 38 heavy (non-hydrogen) atoms. The number of carbonyl (C=O) groups is 3. The standard InChI is InChI=1S/C27H23N3O7S/c1-17-5-3-4-6-21(17)28-25(31)16-37-22-12-9-19(13-23(22)36-2)14-24-26(32)29(27(33)38-24)15-18-7-10-20(11-8-18)30(34)35/h3-14H,15-16H2,1-2H3,(H,28,31)/b24-14-. The molecule has 3 amide bonds. The minimum atomic E-state index is -0.516. The van der Waals surface area contributed by atoms with Gasteiger partial charge >= 0.3 is 0 Å². The number of hydrogen-bond donors (Lipinski definition) is 1. The van der Waals surface area contributed by atoms with Crippen molar-refractivity contribution in [2.75, 3.05) is 19.0 Å². The quantitative estimate of drug-likeness (QED) is 0.227. The number of aryl methyl sites for hydroxylation is 1. The number of amides is 3. The first-order chi connectivity index (χ1) is 18.2. The highest BCUT2D eigenvalue weighted by atomic mass is 32.2. The number of carbonyl (C=O) groups excluding carboxylic acids is 3. The van der Waals surface area contributed by atoms with E-state index in [1.165, 1.54) is 31.4 Å². The van der Waals surface area contributed by atoms with E-state index in [9.17, 15) is 24.5 Å². The number of para-hydroxylation sites is 1. The Morgan fingerprint density at radius 1 is 1.08 bits per heavy atom. The van der Waals surface area contributed by atoms with E-state index in [1.54, 1.807) is 30.3 Å². The molecule has 3 aromatic rings. The molecule has 0 atom stereocenters. The highest BCUT2D eigenvalue weighted by molar-refractivity contribution is 8.18. The maximum absolute atomic E-state index is 12.9. The van der Waals surface area contributed by atoms with Gasteiger partial charge in [0.1, 0.15) is 0 Å². The predicted octanol–water partition coefficient (Wildman–Crippen LogP) is 5.17. The third-order valence-electron chi connectivity index (χ3n) is 5.62. The van der Waals surface area contributed by atoms with Gasteiger partial charge in [-0.3, -0.25) is 29.4 Å². The number of nitrogens with zero attached hydrogens (tertiary/aromatic N) is 2. The van der Waals surface area contributed by atoms with Crippen molar-refractivity contribution < 1.29 is 28.8 Å². The fraction of sp³-hybridized carbons (Fsp3) is 0.148. The lowest BCUT2D eigenvalue weighted by atomic mass is 10.1. The summed E-state index contributed by atoms with van der Waals surface area (Å²) in [5.41, 5.74) is 2.75. The summed E-state index contributed by atoms with van der Waals surface area (Å²) in [6.07, 6.45) is 1.57. The Morgan fingerprint density at radius 2 is 1.82 bits per heavy atom. The van der Waals surface area contributed by atoms with Crippen molar-refractivity contribution in [1.82, 2.24) is 4.90 Å². The number of nitrogens with one attached hydrogen (secondary N) is 1. The van der Waals surface area contributed by atoms with Crippen molar-refractivity contribution in [2.45, 2.75) is 13.5 Å². The zero-order valence-electron chi connectivity index (χ0n) is 20.5. The van der Waals surface area contributed by atoms with Gasteiger partial charge in [-0.05, 0) is 59.7 Å². The Bertz CT molecular complexity index is 1440. The monoisotopic (exact) mass is 533 g/mol. The third kappa shape index (κ3) is 6.19. The van der Waals surface area contributed by atoms with E-state index in [0.717, 1.165) is 22.2 Å². The minimum Gasteiger partial charge on any atom is -0.493 e. The molecule has 3 aromatic carbocycles. The number of thioether (sulfide) groups is 1. The fourth-order valence-electron chi connectivity index (χ4n) is 3.63. The van der Waals surface area contributed by atoms with E-state index in [1.807, 2.05) is 25.1 Å². The molecule has 1 N–H and O–H groups in total. The zero-order chi connectivity index (χ0) is 27.2. The van der Waals surface area contributed by atoms with Gasteiger partial charge in [0, 0.05) is 17.8 Å². The second-order valence-electron chi connectivity index (χ2n) is 8.25. The fourth-order valence-corrected chi connectivity index (χ4v) is 4.47. The van der Waals surface area contributed by atoms with Gasteiger partial charge in [0.15, 0.2) is 18.1 Å². The number of methoxy groups -OCH3 is 1. The van der Waals surface area contributed by atoms with Gasteiger partial charge in [-0.15, -0.1) is 0 Å². The van der Waals surface area contributed by atoms with Crippen LogP contribution in [0.3, 0.4) is 0 Å². The van der Waals surface area contributed by atoms with Crippen LogP contribution in [0.5, 0.6) is 11.5 Å². The summed E-state index contributed by atoms with van der Waals surface area (Å²) in [4.78, 5) is 49.3. The van der Waals surface area contributed by atoms with Crippen LogP contribution in [0, 0.1) is 17.0 Å². The van der Waals surface area contributed by atoms with Crippen molar-refractivity contribution in [3.63, 3.8) is 0 Å². The highest BCUT2D eigenvalue weighted by Crippen LogP contribution is 2.35. The first-order valence-electron chi connectivity index (χ1n) is 11.4. The number of non-ortho nitro benzene ring substituents is 1. The molecule has 0 unspecified atom stereocenters. The first kappa shape index (κ1) is 26.4. The lowest BCUT2D eigenvalue weighted by Gasteiger charge is -2.13. The van der Waals surface area contributed by atoms with Gasteiger partial charge in [0.05, 0.1) is 23.5 Å². The van der Waals surface area contributed by atoms with Crippen LogP contribution in [0.15, 0.2) is 71.6 Å². The molecule has 0 bridgehead atoms. The van der Waals surface area contributed by atoms with Crippen LogP contribution < -0.4 is 14.8 Å². The van der Waals surface area contributed by atoms with Crippen LogP contribution >= 0.6 is 11.8 Å². The van der Waals surface area contributed by atoms with Crippen LogP contribution in [0.1, 0.15) is 16.7 Å². The van der Waals surface area contributed by atoms with E-state index in [0.29, 0.717) is 28.3 Å². The number of hydrogen-bond acceptors (Lipinski definition) is 8.